The number of aromatic amines is 1. The maximum atomic E-state index is 4.30. The summed E-state index contributed by atoms with van der Waals surface area (Å²) in [5.41, 5.74) is 2.06. The molecule has 1 N–H and O–H groups in total. The average Bonchev–Trinajstić information content (AvgIpc) is 2.46. The van der Waals surface area contributed by atoms with E-state index in [-0.39, 0.29) is 0 Å². The average molecular weight is 270 g/mol. The van der Waals surface area contributed by atoms with E-state index in [0.29, 0.717) is 0 Å². The van der Waals surface area contributed by atoms with E-state index in [2.05, 4.69) is 45.2 Å². The minimum Gasteiger partial charge on any atom is -0.338 e. The van der Waals surface area contributed by atoms with Crippen LogP contribution < -0.4 is 0 Å². The molecule has 0 atom stereocenters. The Kier molecular flexibility index (Phi) is 1.88. The van der Waals surface area contributed by atoms with Crippen molar-refractivity contribution in [3.63, 3.8) is 0 Å². The largest absolute Gasteiger partial charge is 0.338 e. The van der Waals surface area contributed by atoms with Crippen LogP contribution in [0.2, 0.25) is 0 Å². The van der Waals surface area contributed by atoms with Crippen LogP contribution in [0.15, 0.2) is 24.8 Å². The van der Waals surface area contributed by atoms with Gasteiger partial charge in [0.2, 0.25) is 0 Å². The van der Waals surface area contributed by atoms with Gasteiger partial charge in [0, 0.05) is 3.57 Å². The van der Waals surface area contributed by atoms with Gasteiger partial charge >= 0.3 is 0 Å². The molecule has 60 valence electrons. The second-order valence-electron chi connectivity index (χ2n) is 2.49. The molecule has 3 heteroatoms. The quantitative estimate of drug-likeness (QED) is 0.793. The Bertz CT molecular complexity index is 431. The predicted octanol–water partition coefficient (Wildman–Crippen LogP) is 2.81. The number of imidazole rings is 1. The van der Waals surface area contributed by atoms with Crippen LogP contribution in [-0.4, -0.2) is 9.97 Å². The summed E-state index contributed by atoms with van der Waals surface area (Å²) in [5, 5.41) is 0. The number of hydrogen-bond acceptors (Lipinski definition) is 1. The van der Waals surface area contributed by atoms with Crippen LogP contribution in [0, 0.1) is 3.57 Å². The summed E-state index contributed by atoms with van der Waals surface area (Å²) in [6, 6.07) is 6.10. The first-order valence-electron chi connectivity index (χ1n) is 3.57. The first kappa shape index (κ1) is 7.79. The summed E-state index contributed by atoms with van der Waals surface area (Å²) in [5.74, 6) is 0.826. The third-order valence-corrected chi connectivity index (χ3v) is 2.33. The first-order valence-corrected chi connectivity index (χ1v) is 4.65. The highest BCUT2D eigenvalue weighted by atomic mass is 127. The van der Waals surface area contributed by atoms with Crippen molar-refractivity contribution in [1.29, 1.82) is 0 Å². The van der Waals surface area contributed by atoms with Crippen molar-refractivity contribution >= 4 is 39.7 Å². The Balaban J connectivity index is 2.75. The number of benzene rings is 1. The lowest BCUT2D eigenvalue weighted by Gasteiger charge is -1.87. The molecule has 0 amide bonds. The normalized spacial score (nSPS) is 10.4. The SMILES string of the molecule is C=Cc1nc2ccc(I)cc2[nH]1. The molecule has 0 aliphatic heterocycles. The summed E-state index contributed by atoms with van der Waals surface area (Å²) in [6.45, 7) is 3.65. The molecule has 2 rings (SSSR count). The van der Waals surface area contributed by atoms with Crippen molar-refractivity contribution in [2.45, 2.75) is 0 Å². The summed E-state index contributed by atoms with van der Waals surface area (Å²) >= 11 is 2.28. The number of H-pyrrole nitrogens is 1. The van der Waals surface area contributed by atoms with Gasteiger partial charge in [-0.15, -0.1) is 0 Å². The molecule has 1 aromatic carbocycles. The lowest BCUT2D eigenvalue weighted by molar-refractivity contribution is 1.29. The van der Waals surface area contributed by atoms with Gasteiger partial charge in [-0.05, 0) is 46.9 Å². The maximum absolute atomic E-state index is 4.30. The molecule has 0 unspecified atom stereocenters. The van der Waals surface area contributed by atoms with Gasteiger partial charge < -0.3 is 4.98 Å². The standard InChI is InChI=1S/C9H7IN2/c1-2-9-11-7-4-3-6(10)5-8(7)12-9/h2-5H,1H2,(H,11,12). The van der Waals surface area contributed by atoms with Crippen LogP contribution in [0.1, 0.15) is 5.82 Å². The molecule has 0 aliphatic rings. The number of aromatic nitrogens is 2. The molecule has 1 heterocycles. The van der Waals surface area contributed by atoms with Crippen molar-refractivity contribution in [2.75, 3.05) is 0 Å². The third kappa shape index (κ3) is 1.24. The van der Waals surface area contributed by atoms with Crippen molar-refractivity contribution in [1.82, 2.24) is 9.97 Å². The van der Waals surface area contributed by atoms with Crippen LogP contribution in [0.5, 0.6) is 0 Å². The Hall–Kier alpha value is -0.840. The van der Waals surface area contributed by atoms with Crippen molar-refractivity contribution in [2.24, 2.45) is 0 Å². The fourth-order valence-corrected chi connectivity index (χ4v) is 1.59. The number of nitrogens with zero attached hydrogens (tertiary/aromatic N) is 1. The Morgan fingerprint density at radius 2 is 2.33 bits per heavy atom. The number of rotatable bonds is 1. The van der Waals surface area contributed by atoms with Gasteiger partial charge in [0.1, 0.15) is 5.82 Å². The number of nitrogens with one attached hydrogen (secondary N) is 1. The van der Waals surface area contributed by atoms with Gasteiger partial charge in [-0.3, -0.25) is 0 Å². The van der Waals surface area contributed by atoms with Crippen molar-refractivity contribution < 1.29 is 0 Å². The molecular weight excluding hydrogens is 263 g/mol. The van der Waals surface area contributed by atoms with Gasteiger partial charge in [0.25, 0.3) is 0 Å². The lowest BCUT2D eigenvalue weighted by Crippen LogP contribution is -1.70. The van der Waals surface area contributed by atoms with E-state index in [9.17, 15) is 0 Å². The molecule has 2 nitrogen and oxygen atoms in total. The molecule has 0 saturated carbocycles. The zero-order chi connectivity index (χ0) is 8.55. The topological polar surface area (TPSA) is 28.7 Å². The van der Waals surface area contributed by atoms with E-state index in [0.717, 1.165) is 16.9 Å². The number of hydrogen-bond donors (Lipinski definition) is 1. The molecule has 2 aromatic rings. The molecule has 12 heavy (non-hydrogen) atoms. The minimum absolute atomic E-state index is 0.826. The first-order chi connectivity index (χ1) is 5.79. The summed E-state index contributed by atoms with van der Waals surface area (Å²) in [7, 11) is 0. The fourth-order valence-electron chi connectivity index (χ4n) is 1.10. The summed E-state index contributed by atoms with van der Waals surface area (Å²) < 4.78 is 1.21. The monoisotopic (exact) mass is 270 g/mol. The summed E-state index contributed by atoms with van der Waals surface area (Å²) in [4.78, 5) is 7.45. The van der Waals surface area contributed by atoms with Crippen molar-refractivity contribution in [3.05, 3.63) is 34.2 Å². The predicted molar refractivity (Wildman–Crippen MR) is 58.9 cm³/mol. The van der Waals surface area contributed by atoms with Gasteiger partial charge in [-0.1, -0.05) is 6.58 Å². The zero-order valence-corrected chi connectivity index (χ0v) is 8.50. The fraction of sp³-hybridized carbons (Fsp3) is 0. The molecule has 0 fully saturated rings. The molecule has 0 radical (unpaired) electrons. The highest BCUT2D eigenvalue weighted by Gasteiger charge is 1.98. The number of fused-ring (bicyclic) bond motifs is 1. The van der Waals surface area contributed by atoms with Gasteiger partial charge in [0.15, 0.2) is 0 Å². The van der Waals surface area contributed by atoms with Crippen LogP contribution in [0.3, 0.4) is 0 Å². The second kappa shape index (κ2) is 2.90. The lowest BCUT2D eigenvalue weighted by atomic mass is 10.3. The Labute approximate surface area is 83.8 Å². The van der Waals surface area contributed by atoms with Crippen LogP contribution in [0.4, 0.5) is 0 Å². The molecule has 0 spiro atoms. The van der Waals surface area contributed by atoms with Gasteiger partial charge in [-0.25, -0.2) is 4.98 Å². The molecule has 0 bridgehead atoms. The number of halogens is 1. The third-order valence-electron chi connectivity index (χ3n) is 1.66. The van der Waals surface area contributed by atoms with E-state index >= 15 is 0 Å². The minimum atomic E-state index is 0.826. The van der Waals surface area contributed by atoms with Crippen LogP contribution in [-0.2, 0) is 0 Å². The highest BCUT2D eigenvalue weighted by molar-refractivity contribution is 14.1. The molecular formula is C9H7IN2. The van der Waals surface area contributed by atoms with Gasteiger partial charge in [0.05, 0.1) is 11.0 Å². The van der Waals surface area contributed by atoms with E-state index in [1.54, 1.807) is 6.08 Å². The van der Waals surface area contributed by atoms with Crippen molar-refractivity contribution in [3.8, 4) is 0 Å². The maximum Gasteiger partial charge on any atom is 0.130 e. The van der Waals surface area contributed by atoms with E-state index in [1.165, 1.54) is 3.57 Å². The van der Waals surface area contributed by atoms with Gasteiger partial charge in [-0.2, -0.15) is 0 Å². The van der Waals surface area contributed by atoms with Crippen LogP contribution in [0.25, 0.3) is 17.1 Å². The Morgan fingerprint density at radius 3 is 3.08 bits per heavy atom. The molecule has 0 aliphatic carbocycles. The van der Waals surface area contributed by atoms with E-state index < -0.39 is 0 Å². The highest BCUT2D eigenvalue weighted by Crippen LogP contribution is 2.15. The smallest absolute Gasteiger partial charge is 0.130 e. The van der Waals surface area contributed by atoms with E-state index in [1.807, 2.05) is 12.1 Å². The molecule has 1 aromatic heterocycles. The zero-order valence-electron chi connectivity index (χ0n) is 6.34. The van der Waals surface area contributed by atoms with Crippen LogP contribution >= 0.6 is 22.6 Å². The Morgan fingerprint density at radius 1 is 1.50 bits per heavy atom. The summed E-state index contributed by atoms with van der Waals surface area (Å²) in [6.07, 6.45) is 1.72. The second-order valence-corrected chi connectivity index (χ2v) is 3.73. The van der Waals surface area contributed by atoms with E-state index in [4.69, 9.17) is 0 Å². The molecule has 0 saturated heterocycles.